The van der Waals surface area contributed by atoms with Crippen LogP contribution in [0.4, 0.5) is 5.69 Å². The first-order chi connectivity index (χ1) is 7.84. The molecule has 0 aliphatic heterocycles. The Labute approximate surface area is 102 Å². The van der Waals surface area contributed by atoms with Crippen molar-refractivity contribution in [2.24, 2.45) is 0 Å². The Morgan fingerprint density at radius 1 is 1.24 bits per heavy atom. The first-order valence-corrected chi connectivity index (χ1v) is 5.79. The predicted molar refractivity (Wildman–Crippen MR) is 69.3 cm³/mol. The van der Waals surface area contributed by atoms with Gasteiger partial charge >= 0.3 is 0 Å². The van der Waals surface area contributed by atoms with Gasteiger partial charge in [0, 0.05) is 17.7 Å². The van der Waals surface area contributed by atoms with Crippen LogP contribution in [0.3, 0.4) is 0 Å². The Bertz CT molecular complexity index is 414. The van der Waals surface area contributed by atoms with Gasteiger partial charge in [0.2, 0.25) is 0 Å². The zero-order valence-electron chi connectivity index (χ0n) is 11.1. The van der Waals surface area contributed by atoms with E-state index in [0.29, 0.717) is 0 Å². The highest BCUT2D eigenvalue weighted by molar-refractivity contribution is 5.45. The molecule has 17 heavy (non-hydrogen) atoms. The highest BCUT2D eigenvalue weighted by Crippen LogP contribution is 2.30. The number of nitrogens with zero attached hydrogens (tertiary/aromatic N) is 2. The topological polar surface area (TPSA) is 46.4 Å². The molecule has 0 saturated heterocycles. The molecule has 0 bridgehead atoms. The van der Waals surface area contributed by atoms with Crippen molar-refractivity contribution >= 4 is 5.69 Å². The fraction of sp³-hybridized carbons (Fsp3) is 0.538. The third-order valence-electron chi connectivity index (χ3n) is 3.13. The lowest BCUT2D eigenvalue weighted by atomic mass is 9.97. The van der Waals surface area contributed by atoms with E-state index in [1.807, 2.05) is 51.9 Å². The lowest BCUT2D eigenvalue weighted by Gasteiger charge is -2.20. The molecule has 0 aliphatic rings. The van der Waals surface area contributed by atoms with E-state index in [2.05, 4.69) is 0 Å². The summed E-state index contributed by atoms with van der Waals surface area (Å²) in [6.45, 7) is 5.98. The molecule has 0 amide bonds. The standard InChI is InChI=1S/C13H20N2O2/c1-9(2)12-7-6-11(10(3)14(4)5)8-13(12)15(16)17/h6-10H,1-5H3. The molecule has 0 saturated carbocycles. The van der Waals surface area contributed by atoms with Crippen molar-refractivity contribution in [3.05, 3.63) is 39.4 Å². The Kier molecular flexibility index (Phi) is 4.23. The van der Waals surface area contributed by atoms with Gasteiger partial charge in [-0.05, 0) is 32.5 Å². The SMILES string of the molecule is CC(C)c1ccc(C(C)N(C)C)cc1[N+](=O)[O-]. The van der Waals surface area contributed by atoms with Crippen molar-refractivity contribution in [1.82, 2.24) is 4.90 Å². The summed E-state index contributed by atoms with van der Waals surface area (Å²) >= 11 is 0. The molecule has 4 nitrogen and oxygen atoms in total. The van der Waals surface area contributed by atoms with Crippen LogP contribution in [0, 0.1) is 10.1 Å². The summed E-state index contributed by atoms with van der Waals surface area (Å²) in [7, 11) is 3.93. The maximum atomic E-state index is 11.1. The van der Waals surface area contributed by atoms with E-state index < -0.39 is 0 Å². The number of benzene rings is 1. The molecule has 0 N–H and O–H groups in total. The molecule has 1 rings (SSSR count). The van der Waals surface area contributed by atoms with E-state index in [4.69, 9.17) is 0 Å². The first kappa shape index (κ1) is 13.6. The normalized spacial score (nSPS) is 13.1. The maximum Gasteiger partial charge on any atom is 0.273 e. The molecule has 1 aromatic rings. The Balaban J connectivity index is 3.23. The molecule has 0 heterocycles. The lowest BCUT2D eigenvalue weighted by molar-refractivity contribution is -0.385. The van der Waals surface area contributed by atoms with Gasteiger partial charge in [0.25, 0.3) is 5.69 Å². The Hall–Kier alpha value is -1.42. The first-order valence-electron chi connectivity index (χ1n) is 5.79. The summed E-state index contributed by atoms with van der Waals surface area (Å²) in [5, 5.41) is 11.1. The molecule has 1 atom stereocenters. The van der Waals surface area contributed by atoms with E-state index >= 15 is 0 Å². The van der Waals surface area contributed by atoms with Gasteiger partial charge in [-0.15, -0.1) is 0 Å². The molecule has 1 aromatic carbocycles. The van der Waals surface area contributed by atoms with Crippen LogP contribution in [0.25, 0.3) is 0 Å². The fourth-order valence-electron chi connectivity index (χ4n) is 1.77. The second-order valence-corrected chi connectivity index (χ2v) is 4.87. The van der Waals surface area contributed by atoms with Crippen LogP contribution >= 0.6 is 0 Å². The van der Waals surface area contributed by atoms with Crippen LogP contribution in [-0.4, -0.2) is 23.9 Å². The molecule has 0 fully saturated rings. The van der Waals surface area contributed by atoms with Gasteiger partial charge in [-0.25, -0.2) is 0 Å². The molecule has 0 aromatic heterocycles. The summed E-state index contributed by atoms with van der Waals surface area (Å²) in [5.41, 5.74) is 2.00. The third-order valence-corrected chi connectivity index (χ3v) is 3.13. The zero-order valence-corrected chi connectivity index (χ0v) is 11.1. The van der Waals surface area contributed by atoms with E-state index in [-0.39, 0.29) is 22.6 Å². The molecule has 1 unspecified atom stereocenters. The van der Waals surface area contributed by atoms with E-state index in [9.17, 15) is 10.1 Å². The molecule has 94 valence electrons. The van der Waals surface area contributed by atoms with Gasteiger partial charge in [-0.1, -0.05) is 26.0 Å². The van der Waals surface area contributed by atoms with Gasteiger partial charge in [-0.3, -0.25) is 10.1 Å². The van der Waals surface area contributed by atoms with Crippen LogP contribution in [0.5, 0.6) is 0 Å². The average molecular weight is 236 g/mol. The second kappa shape index (κ2) is 5.27. The number of rotatable bonds is 4. The van der Waals surface area contributed by atoms with Gasteiger partial charge in [0.05, 0.1) is 4.92 Å². The van der Waals surface area contributed by atoms with Crippen molar-refractivity contribution in [3.63, 3.8) is 0 Å². The smallest absolute Gasteiger partial charge is 0.273 e. The molecule has 0 radical (unpaired) electrons. The minimum absolute atomic E-state index is 0.166. The van der Waals surface area contributed by atoms with Crippen molar-refractivity contribution in [1.29, 1.82) is 0 Å². The number of nitro groups is 1. The summed E-state index contributed by atoms with van der Waals surface area (Å²) in [5.74, 6) is 0.166. The van der Waals surface area contributed by atoms with Crippen LogP contribution in [0.1, 0.15) is 43.9 Å². The zero-order chi connectivity index (χ0) is 13.2. The summed E-state index contributed by atoms with van der Waals surface area (Å²) in [6.07, 6.45) is 0. The molecular formula is C13H20N2O2. The lowest BCUT2D eigenvalue weighted by Crippen LogP contribution is -2.17. The predicted octanol–water partition coefficient (Wildman–Crippen LogP) is 3.34. The second-order valence-electron chi connectivity index (χ2n) is 4.87. The third kappa shape index (κ3) is 3.03. The van der Waals surface area contributed by atoms with Gasteiger partial charge < -0.3 is 4.90 Å². The van der Waals surface area contributed by atoms with Gasteiger partial charge in [0.1, 0.15) is 0 Å². The number of nitro benzene ring substituents is 1. The van der Waals surface area contributed by atoms with Crippen molar-refractivity contribution in [2.45, 2.75) is 32.7 Å². The minimum atomic E-state index is -0.290. The van der Waals surface area contributed by atoms with Crippen LogP contribution in [0.15, 0.2) is 18.2 Å². The minimum Gasteiger partial charge on any atom is -0.303 e. The maximum absolute atomic E-state index is 11.1. The largest absolute Gasteiger partial charge is 0.303 e. The summed E-state index contributed by atoms with van der Waals surface area (Å²) in [6, 6.07) is 5.72. The van der Waals surface area contributed by atoms with Crippen LogP contribution in [-0.2, 0) is 0 Å². The van der Waals surface area contributed by atoms with Gasteiger partial charge in [0.15, 0.2) is 0 Å². The van der Waals surface area contributed by atoms with Crippen LogP contribution < -0.4 is 0 Å². The quantitative estimate of drug-likeness (QED) is 0.595. The van der Waals surface area contributed by atoms with Gasteiger partial charge in [-0.2, -0.15) is 0 Å². The molecular weight excluding hydrogens is 216 g/mol. The summed E-state index contributed by atoms with van der Waals surface area (Å²) < 4.78 is 0. The highest BCUT2D eigenvalue weighted by Gasteiger charge is 2.19. The molecule has 0 spiro atoms. The fourth-order valence-corrected chi connectivity index (χ4v) is 1.77. The van der Waals surface area contributed by atoms with Crippen molar-refractivity contribution < 1.29 is 4.92 Å². The monoisotopic (exact) mass is 236 g/mol. The van der Waals surface area contributed by atoms with E-state index in [1.54, 1.807) is 6.07 Å². The van der Waals surface area contributed by atoms with Crippen molar-refractivity contribution in [2.75, 3.05) is 14.1 Å². The van der Waals surface area contributed by atoms with Crippen LogP contribution in [0.2, 0.25) is 0 Å². The average Bonchev–Trinajstić information content (AvgIpc) is 2.26. The Morgan fingerprint density at radius 2 is 1.82 bits per heavy atom. The van der Waals surface area contributed by atoms with E-state index in [1.165, 1.54) is 0 Å². The van der Waals surface area contributed by atoms with Crippen molar-refractivity contribution in [3.8, 4) is 0 Å². The number of hydrogen-bond donors (Lipinski definition) is 0. The Morgan fingerprint density at radius 3 is 2.24 bits per heavy atom. The molecule has 0 aliphatic carbocycles. The molecule has 4 heteroatoms. The van der Waals surface area contributed by atoms with E-state index in [0.717, 1.165) is 11.1 Å². The number of hydrogen-bond acceptors (Lipinski definition) is 3. The summed E-state index contributed by atoms with van der Waals surface area (Å²) in [4.78, 5) is 12.8. The highest BCUT2D eigenvalue weighted by atomic mass is 16.6.